The first-order valence-electron chi connectivity index (χ1n) is 11.3. The Morgan fingerprint density at radius 3 is 2.29 bits per heavy atom. The number of fused-ring (bicyclic) bond motifs is 3. The number of hydrogen-bond donors (Lipinski definition) is 1. The third kappa shape index (κ3) is 4.64. The van der Waals surface area contributed by atoms with Crippen LogP contribution in [0.25, 0.3) is 11.1 Å². The summed E-state index contributed by atoms with van der Waals surface area (Å²) in [5.74, 6) is 1.67. The van der Waals surface area contributed by atoms with Crippen LogP contribution in [0.15, 0.2) is 24.3 Å². The smallest absolute Gasteiger partial charge is 0.196 e. The van der Waals surface area contributed by atoms with Gasteiger partial charge in [0.05, 0.1) is 24.5 Å². The summed E-state index contributed by atoms with van der Waals surface area (Å²) in [4.78, 5) is 15.6. The molecule has 0 radical (unpaired) electrons. The summed E-state index contributed by atoms with van der Waals surface area (Å²) in [6.07, 6.45) is 1.94. The van der Waals surface area contributed by atoms with E-state index in [-0.39, 0.29) is 5.78 Å². The zero-order valence-electron chi connectivity index (χ0n) is 19.1. The predicted molar refractivity (Wildman–Crippen MR) is 125 cm³/mol. The summed E-state index contributed by atoms with van der Waals surface area (Å²) < 4.78 is 18.0. The Balaban J connectivity index is 2.04. The zero-order valence-corrected chi connectivity index (χ0v) is 19.1. The van der Waals surface area contributed by atoms with Gasteiger partial charge in [0.25, 0.3) is 0 Å². The fraction of sp³-hybridized carbons (Fsp3) is 0.480. The summed E-state index contributed by atoms with van der Waals surface area (Å²) in [6, 6.07) is 7.39. The van der Waals surface area contributed by atoms with E-state index < -0.39 is 0 Å². The van der Waals surface area contributed by atoms with Crippen molar-refractivity contribution in [1.29, 1.82) is 0 Å². The molecule has 2 N–H and O–H groups in total. The fourth-order valence-electron chi connectivity index (χ4n) is 3.91. The summed E-state index contributed by atoms with van der Waals surface area (Å²) in [6.45, 7) is 12.6. The number of carbonyl (C=O) groups is 1. The lowest BCUT2D eigenvalue weighted by Crippen LogP contribution is -2.28. The largest absolute Gasteiger partial charge is 0.493 e. The van der Waals surface area contributed by atoms with Crippen LogP contribution in [-0.2, 0) is 0 Å². The Bertz CT molecular complexity index is 922. The Morgan fingerprint density at radius 2 is 1.61 bits per heavy atom. The highest BCUT2D eigenvalue weighted by Gasteiger charge is 2.36. The molecule has 2 aromatic carbocycles. The number of nitrogen functional groups attached to an aromatic ring is 1. The minimum Gasteiger partial charge on any atom is -0.493 e. The molecule has 0 atom stereocenters. The molecule has 1 aliphatic rings. The van der Waals surface area contributed by atoms with Gasteiger partial charge < -0.3 is 24.8 Å². The van der Waals surface area contributed by atoms with Crippen molar-refractivity contribution in [3.63, 3.8) is 0 Å². The molecule has 0 aromatic heterocycles. The Hall–Kier alpha value is -2.73. The van der Waals surface area contributed by atoms with Crippen molar-refractivity contribution in [3.8, 4) is 28.4 Å². The molecule has 0 aliphatic heterocycles. The van der Waals surface area contributed by atoms with E-state index in [0.29, 0.717) is 53.9 Å². The van der Waals surface area contributed by atoms with Crippen LogP contribution in [0.2, 0.25) is 0 Å². The Morgan fingerprint density at radius 1 is 0.871 bits per heavy atom. The number of likely N-dealkylation sites (N-methyl/N-ethyl adjacent to an activating group) is 1. The molecule has 0 spiro atoms. The standard InChI is InChI=1S/C25H34N2O4/c1-5-9-14-30-19-16-20(29-8-4)24(26)23-22(19)21-17(25(23)28)11-10-12-18(21)31-15-13-27(6-2)7-3/h10-12,16H,5-9,13-15,26H2,1-4H3. The Labute approximate surface area is 185 Å². The average Bonchev–Trinajstić information content (AvgIpc) is 3.08. The van der Waals surface area contributed by atoms with Crippen LogP contribution in [0.5, 0.6) is 17.2 Å². The zero-order chi connectivity index (χ0) is 22.4. The van der Waals surface area contributed by atoms with Crippen molar-refractivity contribution in [1.82, 2.24) is 4.90 Å². The van der Waals surface area contributed by atoms with Crippen LogP contribution in [-0.4, -0.2) is 50.1 Å². The van der Waals surface area contributed by atoms with E-state index in [1.807, 2.05) is 31.2 Å². The molecule has 0 saturated carbocycles. The maximum absolute atomic E-state index is 13.3. The average molecular weight is 427 g/mol. The number of anilines is 1. The van der Waals surface area contributed by atoms with Gasteiger partial charge in [-0.3, -0.25) is 4.79 Å². The van der Waals surface area contributed by atoms with Crippen LogP contribution in [0.1, 0.15) is 56.5 Å². The van der Waals surface area contributed by atoms with E-state index in [9.17, 15) is 4.79 Å². The lowest BCUT2D eigenvalue weighted by molar-refractivity contribution is 0.104. The number of ether oxygens (including phenoxy) is 3. The van der Waals surface area contributed by atoms with Gasteiger partial charge in [-0.1, -0.05) is 39.3 Å². The molecule has 6 nitrogen and oxygen atoms in total. The first-order valence-corrected chi connectivity index (χ1v) is 11.3. The van der Waals surface area contributed by atoms with Crippen molar-refractivity contribution < 1.29 is 19.0 Å². The SMILES string of the molecule is CCCCOc1cc(OCC)c(N)c2c1-c1c(OCCN(CC)CC)cccc1C2=O. The fourth-order valence-corrected chi connectivity index (χ4v) is 3.91. The van der Waals surface area contributed by atoms with E-state index in [2.05, 4.69) is 25.7 Å². The lowest BCUT2D eigenvalue weighted by Gasteiger charge is -2.20. The van der Waals surface area contributed by atoms with E-state index in [0.717, 1.165) is 43.6 Å². The molecule has 0 saturated heterocycles. The lowest BCUT2D eigenvalue weighted by atomic mass is 10.0. The van der Waals surface area contributed by atoms with Crippen molar-refractivity contribution in [2.24, 2.45) is 0 Å². The van der Waals surface area contributed by atoms with Crippen LogP contribution in [0, 0.1) is 0 Å². The highest BCUT2D eigenvalue weighted by molar-refractivity contribution is 6.26. The third-order valence-corrected chi connectivity index (χ3v) is 5.66. The summed E-state index contributed by atoms with van der Waals surface area (Å²) >= 11 is 0. The molecule has 2 aromatic rings. The van der Waals surface area contributed by atoms with Gasteiger partial charge >= 0.3 is 0 Å². The van der Waals surface area contributed by atoms with Gasteiger partial charge in [0.15, 0.2) is 5.78 Å². The van der Waals surface area contributed by atoms with Crippen LogP contribution < -0.4 is 19.9 Å². The highest BCUT2D eigenvalue weighted by Crippen LogP contribution is 2.52. The maximum atomic E-state index is 13.3. The minimum atomic E-state index is -0.112. The van der Waals surface area contributed by atoms with Crippen molar-refractivity contribution in [3.05, 3.63) is 35.4 Å². The molecule has 0 heterocycles. The summed E-state index contributed by atoms with van der Waals surface area (Å²) in [7, 11) is 0. The predicted octanol–water partition coefficient (Wildman–Crippen LogP) is 4.78. The van der Waals surface area contributed by atoms with Crippen LogP contribution >= 0.6 is 0 Å². The summed E-state index contributed by atoms with van der Waals surface area (Å²) in [5, 5.41) is 0. The number of benzene rings is 2. The van der Waals surface area contributed by atoms with Gasteiger partial charge in [0, 0.05) is 29.3 Å². The number of rotatable bonds is 12. The number of ketones is 1. The molecule has 1 aliphatic carbocycles. The molecule has 0 unspecified atom stereocenters. The van der Waals surface area contributed by atoms with Gasteiger partial charge in [-0.2, -0.15) is 0 Å². The third-order valence-electron chi connectivity index (χ3n) is 5.66. The number of nitrogens with two attached hydrogens (primary N) is 1. The van der Waals surface area contributed by atoms with Gasteiger partial charge in [0.1, 0.15) is 23.9 Å². The van der Waals surface area contributed by atoms with Gasteiger partial charge in [-0.05, 0) is 32.5 Å². The molecule has 3 rings (SSSR count). The Kier molecular flexibility index (Phi) is 7.80. The normalized spacial score (nSPS) is 12.1. The highest BCUT2D eigenvalue weighted by atomic mass is 16.5. The van der Waals surface area contributed by atoms with Crippen molar-refractivity contribution >= 4 is 11.5 Å². The van der Waals surface area contributed by atoms with Gasteiger partial charge in [-0.15, -0.1) is 0 Å². The molecule has 0 bridgehead atoms. The maximum Gasteiger partial charge on any atom is 0.196 e. The topological polar surface area (TPSA) is 74.0 Å². The molecular weight excluding hydrogens is 392 g/mol. The van der Waals surface area contributed by atoms with E-state index >= 15 is 0 Å². The quantitative estimate of drug-likeness (QED) is 0.332. The van der Waals surface area contributed by atoms with E-state index in [1.54, 1.807) is 0 Å². The summed E-state index contributed by atoms with van der Waals surface area (Å²) in [5.41, 5.74) is 9.28. The van der Waals surface area contributed by atoms with Crippen molar-refractivity contribution in [2.45, 2.75) is 40.5 Å². The minimum absolute atomic E-state index is 0.112. The molecular formula is C25H34N2O4. The first kappa shape index (κ1) is 22.9. The molecule has 168 valence electrons. The number of hydrogen-bond acceptors (Lipinski definition) is 6. The molecule has 0 fully saturated rings. The number of unbranched alkanes of at least 4 members (excludes halogenated alkanes) is 1. The molecule has 31 heavy (non-hydrogen) atoms. The van der Waals surface area contributed by atoms with Crippen LogP contribution in [0.3, 0.4) is 0 Å². The van der Waals surface area contributed by atoms with Gasteiger partial charge in [-0.25, -0.2) is 0 Å². The first-order chi connectivity index (χ1) is 15.1. The second kappa shape index (κ2) is 10.5. The van der Waals surface area contributed by atoms with Gasteiger partial charge in [0.2, 0.25) is 0 Å². The number of nitrogens with zero attached hydrogens (tertiary/aromatic N) is 1. The second-order valence-electron chi connectivity index (χ2n) is 7.55. The molecule has 0 amide bonds. The van der Waals surface area contributed by atoms with Crippen molar-refractivity contribution in [2.75, 3.05) is 45.2 Å². The van der Waals surface area contributed by atoms with E-state index in [1.165, 1.54) is 0 Å². The molecule has 6 heteroatoms. The monoisotopic (exact) mass is 426 g/mol. The van der Waals surface area contributed by atoms with E-state index in [4.69, 9.17) is 19.9 Å². The number of carbonyl (C=O) groups excluding carboxylic acids is 1. The second-order valence-corrected chi connectivity index (χ2v) is 7.55. The van der Waals surface area contributed by atoms with Crippen LogP contribution in [0.4, 0.5) is 5.69 Å².